The van der Waals surface area contributed by atoms with Crippen LogP contribution in [0.4, 0.5) is 10.6 Å². The van der Waals surface area contributed by atoms with Crippen LogP contribution in [-0.2, 0) is 11.3 Å². The first-order chi connectivity index (χ1) is 11.7. The number of urea groups is 1. The second-order valence-corrected chi connectivity index (χ2v) is 6.71. The average molecular weight is 332 g/mol. The summed E-state index contributed by atoms with van der Waals surface area (Å²) in [6.45, 7) is 6.61. The number of carbonyl (C=O) groups is 1. The van der Waals surface area contributed by atoms with Gasteiger partial charge in [-0.1, -0.05) is 18.9 Å². The lowest BCUT2D eigenvalue weighted by molar-refractivity contribution is -0.00351. The van der Waals surface area contributed by atoms with E-state index in [4.69, 9.17) is 4.74 Å². The molecule has 1 atom stereocenters. The highest BCUT2D eigenvalue weighted by Crippen LogP contribution is 2.17. The van der Waals surface area contributed by atoms with Crippen LogP contribution in [0.15, 0.2) is 18.3 Å². The van der Waals surface area contributed by atoms with E-state index in [1.165, 1.54) is 25.7 Å². The highest BCUT2D eigenvalue weighted by molar-refractivity contribution is 5.74. The lowest BCUT2D eigenvalue weighted by atomic mass is 10.2. The Kier molecular flexibility index (Phi) is 5.91. The third kappa shape index (κ3) is 4.60. The van der Waals surface area contributed by atoms with Crippen molar-refractivity contribution in [3.8, 4) is 0 Å². The molecule has 0 aliphatic carbocycles. The molecule has 0 aromatic carbocycles. The molecule has 6 nitrogen and oxygen atoms in total. The number of pyridine rings is 1. The highest BCUT2D eigenvalue weighted by Gasteiger charge is 2.21. The van der Waals surface area contributed by atoms with Gasteiger partial charge in [-0.2, -0.15) is 0 Å². The molecular weight excluding hydrogens is 304 g/mol. The lowest BCUT2D eigenvalue weighted by Crippen LogP contribution is -2.48. The molecule has 2 aliphatic rings. The fourth-order valence-electron chi connectivity index (χ4n) is 3.30. The van der Waals surface area contributed by atoms with Crippen molar-refractivity contribution in [2.75, 3.05) is 37.7 Å². The first-order valence-electron chi connectivity index (χ1n) is 9.06. The Morgan fingerprint density at radius 3 is 2.71 bits per heavy atom. The smallest absolute Gasteiger partial charge is 0.317 e. The molecule has 24 heavy (non-hydrogen) atoms. The SMILES string of the molecule is CC1CN(C(=O)NCc2ccc(N3CCCCCC3)nc2)CCO1. The van der Waals surface area contributed by atoms with Crippen LogP contribution in [0.1, 0.15) is 38.2 Å². The minimum absolute atomic E-state index is 0.0262. The van der Waals surface area contributed by atoms with Crippen molar-refractivity contribution in [1.29, 1.82) is 0 Å². The van der Waals surface area contributed by atoms with E-state index in [0.29, 0.717) is 26.2 Å². The summed E-state index contributed by atoms with van der Waals surface area (Å²) in [6.07, 6.45) is 7.12. The number of hydrogen-bond donors (Lipinski definition) is 1. The van der Waals surface area contributed by atoms with Gasteiger partial charge in [0.15, 0.2) is 0 Å². The van der Waals surface area contributed by atoms with Gasteiger partial charge in [-0.05, 0) is 31.4 Å². The van der Waals surface area contributed by atoms with Gasteiger partial charge in [-0.3, -0.25) is 0 Å². The second-order valence-electron chi connectivity index (χ2n) is 6.71. The molecule has 1 unspecified atom stereocenters. The summed E-state index contributed by atoms with van der Waals surface area (Å²) in [5.41, 5.74) is 1.03. The molecule has 2 amide bonds. The highest BCUT2D eigenvalue weighted by atomic mass is 16.5. The molecule has 0 bridgehead atoms. The Hall–Kier alpha value is -1.82. The maximum atomic E-state index is 12.2. The average Bonchev–Trinajstić information content (AvgIpc) is 2.89. The molecule has 132 valence electrons. The largest absolute Gasteiger partial charge is 0.375 e. The van der Waals surface area contributed by atoms with Crippen LogP contribution >= 0.6 is 0 Å². The molecule has 3 heterocycles. The minimum Gasteiger partial charge on any atom is -0.375 e. The van der Waals surface area contributed by atoms with E-state index >= 15 is 0 Å². The maximum absolute atomic E-state index is 12.2. The number of ether oxygens (including phenoxy) is 1. The van der Waals surface area contributed by atoms with Gasteiger partial charge in [0.2, 0.25) is 0 Å². The van der Waals surface area contributed by atoms with Crippen LogP contribution in [0.25, 0.3) is 0 Å². The zero-order valence-corrected chi connectivity index (χ0v) is 14.5. The zero-order valence-electron chi connectivity index (χ0n) is 14.5. The lowest BCUT2D eigenvalue weighted by Gasteiger charge is -2.31. The molecule has 2 aliphatic heterocycles. The van der Waals surface area contributed by atoms with Gasteiger partial charge in [0.25, 0.3) is 0 Å². The summed E-state index contributed by atoms with van der Waals surface area (Å²) < 4.78 is 5.46. The van der Waals surface area contributed by atoms with Crippen molar-refractivity contribution < 1.29 is 9.53 Å². The Labute approximate surface area is 144 Å². The number of amides is 2. The summed E-state index contributed by atoms with van der Waals surface area (Å²) in [5, 5.41) is 2.98. The van der Waals surface area contributed by atoms with Crippen LogP contribution in [-0.4, -0.2) is 54.8 Å². The summed E-state index contributed by atoms with van der Waals surface area (Å²) in [4.78, 5) is 21.0. The Morgan fingerprint density at radius 2 is 2.04 bits per heavy atom. The number of hydrogen-bond acceptors (Lipinski definition) is 4. The molecule has 3 rings (SSSR count). The van der Waals surface area contributed by atoms with Crippen molar-refractivity contribution in [2.24, 2.45) is 0 Å². The van der Waals surface area contributed by atoms with E-state index in [9.17, 15) is 4.79 Å². The van der Waals surface area contributed by atoms with Gasteiger partial charge in [-0.15, -0.1) is 0 Å². The number of nitrogens with zero attached hydrogens (tertiary/aromatic N) is 3. The molecule has 2 saturated heterocycles. The topological polar surface area (TPSA) is 57.7 Å². The predicted molar refractivity (Wildman–Crippen MR) is 94.1 cm³/mol. The van der Waals surface area contributed by atoms with Gasteiger partial charge in [0.1, 0.15) is 5.82 Å². The van der Waals surface area contributed by atoms with E-state index in [0.717, 1.165) is 24.5 Å². The summed E-state index contributed by atoms with van der Waals surface area (Å²) in [6, 6.07) is 4.11. The molecule has 1 aromatic heterocycles. The number of morpholine rings is 1. The summed E-state index contributed by atoms with van der Waals surface area (Å²) >= 11 is 0. The van der Waals surface area contributed by atoms with E-state index in [-0.39, 0.29) is 12.1 Å². The first kappa shape index (κ1) is 17.0. The van der Waals surface area contributed by atoms with Gasteiger partial charge < -0.3 is 19.9 Å². The van der Waals surface area contributed by atoms with Crippen LogP contribution < -0.4 is 10.2 Å². The molecule has 6 heteroatoms. The van der Waals surface area contributed by atoms with Crippen molar-refractivity contribution in [1.82, 2.24) is 15.2 Å². The Bertz CT molecular complexity index is 526. The van der Waals surface area contributed by atoms with Crippen molar-refractivity contribution >= 4 is 11.8 Å². The van der Waals surface area contributed by atoms with Crippen molar-refractivity contribution in [2.45, 2.75) is 45.3 Å². The monoisotopic (exact) mass is 332 g/mol. The van der Waals surface area contributed by atoms with E-state index in [1.807, 2.05) is 18.0 Å². The van der Waals surface area contributed by atoms with Crippen LogP contribution in [0.5, 0.6) is 0 Å². The van der Waals surface area contributed by atoms with Crippen LogP contribution in [0.2, 0.25) is 0 Å². The predicted octanol–water partition coefficient (Wildman–Crippen LogP) is 2.39. The maximum Gasteiger partial charge on any atom is 0.317 e. The number of rotatable bonds is 3. The molecule has 1 aromatic rings. The molecular formula is C18H28N4O2. The fourth-order valence-corrected chi connectivity index (χ4v) is 3.30. The fraction of sp³-hybridized carbons (Fsp3) is 0.667. The molecule has 1 N–H and O–H groups in total. The number of anilines is 1. The number of carbonyl (C=O) groups excluding carboxylic acids is 1. The summed E-state index contributed by atoms with van der Waals surface area (Å²) in [7, 11) is 0. The first-order valence-corrected chi connectivity index (χ1v) is 9.06. The van der Waals surface area contributed by atoms with E-state index < -0.39 is 0 Å². The van der Waals surface area contributed by atoms with E-state index in [1.54, 1.807) is 0 Å². The standard InChI is InChI=1S/C18H28N4O2/c1-15-14-22(10-11-24-15)18(23)20-13-16-6-7-17(19-12-16)21-8-4-2-3-5-9-21/h6-7,12,15H,2-5,8-11,13-14H2,1H3,(H,20,23). The van der Waals surface area contributed by atoms with Crippen LogP contribution in [0, 0.1) is 0 Å². The Morgan fingerprint density at radius 1 is 1.25 bits per heavy atom. The van der Waals surface area contributed by atoms with Crippen LogP contribution in [0.3, 0.4) is 0 Å². The minimum atomic E-state index is -0.0262. The molecule has 2 fully saturated rings. The number of aromatic nitrogens is 1. The van der Waals surface area contributed by atoms with Crippen molar-refractivity contribution in [3.63, 3.8) is 0 Å². The third-order valence-corrected chi connectivity index (χ3v) is 4.71. The number of nitrogens with one attached hydrogen (secondary N) is 1. The normalized spacial score (nSPS) is 22.1. The van der Waals surface area contributed by atoms with Gasteiger partial charge in [0, 0.05) is 38.9 Å². The third-order valence-electron chi connectivity index (χ3n) is 4.71. The zero-order chi connectivity index (χ0) is 16.8. The molecule has 0 saturated carbocycles. The quantitative estimate of drug-likeness (QED) is 0.923. The van der Waals surface area contributed by atoms with E-state index in [2.05, 4.69) is 27.3 Å². The molecule has 0 spiro atoms. The van der Waals surface area contributed by atoms with Gasteiger partial charge in [-0.25, -0.2) is 9.78 Å². The summed E-state index contributed by atoms with van der Waals surface area (Å²) in [5.74, 6) is 1.05. The van der Waals surface area contributed by atoms with Gasteiger partial charge in [0.05, 0.1) is 12.7 Å². The molecule has 0 radical (unpaired) electrons. The second kappa shape index (κ2) is 8.33. The van der Waals surface area contributed by atoms with Crippen molar-refractivity contribution in [3.05, 3.63) is 23.9 Å². The Balaban J connectivity index is 1.49. The van der Waals surface area contributed by atoms with Gasteiger partial charge >= 0.3 is 6.03 Å².